The van der Waals surface area contributed by atoms with E-state index in [9.17, 15) is 27.2 Å². The molecule has 2 aliphatic carbocycles. The van der Waals surface area contributed by atoms with Gasteiger partial charge in [0, 0.05) is 36.8 Å². The molecular formula is C28H30FN3O6S. The van der Waals surface area contributed by atoms with Crippen LogP contribution in [0, 0.1) is 5.82 Å². The van der Waals surface area contributed by atoms with Crippen molar-refractivity contribution < 1.29 is 31.9 Å². The number of sulfonamides is 1. The SMILES string of the molecule is CC(C)(C)OC(=O)N1CCC(Nc2cc(NS(=O)(=O)c3ccc(F)cc3)cc3c2CC(=O)C32CCC2)=CC1=O. The van der Waals surface area contributed by atoms with E-state index in [2.05, 4.69) is 10.0 Å². The molecule has 2 aromatic rings. The van der Waals surface area contributed by atoms with Gasteiger partial charge in [0.25, 0.3) is 15.9 Å². The van der Waals surface area contributed by atoms with Crippen LogP contribution in [0.3, 0.4) is 0 Å². The fourth-order valence-corrected chi connectivity index (χ4v) is 6.30. The Kier molecular flexibility index (Phi) is 6.53. The Hall–Kier alpha value is -3.73. The third-order valence-electron chi connectivity index (χ3n) is 7.30. The van der Waals surface area contributed by atoms with Gasteiger partial charge in [-0.15, -0.1) is 0 Å². The zero-order valence-electron chi connectivity index (χ0n) is 22.0. The minimum absolute atomic E-state index is 0.0927. The first-order valence-corrected chi connectivity index (χ1v) is 14.3. The molecule has 1 aliphatic heterocycles. The van der Waals surface area contributed by atoms with E-state index in [-0.39, 0.29) is 29.3 Å². The van der Waals surface area contributed by atoms with Gasteiger partial charge < -0.3 is 10.1 Å². The molecule has 0 unspecified atom stereocenters. The highest BCUT2D eigenvalue weighted by Gasteiger charge is 2.51. The van der Waals surface area contributed by atoms with E-state index < -0.39 is 38.9 Å². The predicted octanol–water partition coefficient (Wildman–Crippen LogP) is 4.64. The lowest BCUT2D eigenvalue weighted by molar-refractivity contribution is -0.126. The Balaban J connectivity index is 1.46. The molecule has 0 atom stereocenters. The molecule has 9 nitrogen and oxygen atoms in total. The largest absolute Gasteiger partial charge is 0.443 e. The lowest BCUT2D eigenvalue weighted by Gasteiger charge is -2.38. The molecule has 1 spiro atoms. The minimum atomic E-state index is -4.03. The Morgan fingerprint density at radius 1 is 1.10 bits per heavy atom. The van der Waals surface area contributed by atoms with Crippen molar-refractivity contribution in [3.63, 3.8) is 0 Å². The van der Waals surface area contributed by atoms with Crippen molar-refractivity contribution in [2.45, 2.75) is 68.8 Å². The summed E-state index contributed by atoms with van der Waals surface area (Å²) in [6.45, 7) is 5.26. The number of Topliss-reactive ketones (excluding diaryl/α,β-unsaturated/α-hetero) is 1. The number of amides is 2. The number of hydrogen-bond donors (Lipinski definition) is 2. The number of nitrogens with zero attached hydrogens (tertiary/aromatic N) is 1. The highest BCUT2D eigenvalue weighted by Crippen LogP contribution is 2.53. The van der Waals surface area contributed by atoms with Crippen molar-refractivity contribution in [2.24, 2.45) is 0 Å². The number of ketones is 1. The molecule has 0 aromatic heterocycles. The van der Waals surface area contributed by atoms with Crippen LogP contribution in [0.1, 0.15) is 57.6 Å². The molecule has 206 valence electrons. The molecule has 0 bridgehead atoms. The van der Waals surface area contributed by atoms with Crippen molar-refractivity contribution in [1.29, 1.82) is 0 Å². The maximum Gasteiger partial charge on any atom is 0.417 e. The number of hydrogen-bond acceptors (Lipinski definition) is 7. The number of ether oxygens (including phenoxy) is 1. The fourth-order valence-electron chi connectivity index (χ4n) is 5.26. The summed E-state index contributed by atoms with van der Waals surface area (Å²) in [6, 6.07) is 7.79. The standard InChI is InChI=1S/C28H30FN3O6S/c1-27(2,3)38-26(35)32-12-9-18(15-25(32)34)30-23-14-19(31-39(36,37)20-7-5-17(29)6-8-20)13-22-21(23)16-24(33)28(22)10-4-11-28/h5-8,13-15,30-31H,4,9-12,16H2,1-3H3. The first kappa shape index (κ1) is 26.9. The zero-order chi connectivity index (χ0) is 28.2. The topological polar surface area (TPSA) is 122 Å². The number of fused-ring (bicyclic) bond motifs is 2. The van der Waals surface area contributed by atoms with Crippen LogP contribution in [0.25, 0.3) is 0 Å². The van der Waals surface area contributed by atoms with E-state index in [0.29, 0.717) is 30.6 Å². The van der Waals surface area contributed by atoms with Gasteiger partial charge in [0.15, 0.2) is 0 Å². The van der Waals surface area contributed by atoms with Crippen molar-refractivity contribution >= 4 is 39.2 Å². The third kappa shape index (κ3) is 5.15. The summed E-state index contributed by atoms with van der Waals surface area (Å²) >= 11 is 0. The molecule has 2 N–H and O–H groups in total. The van der Waals surface area contributed by atoms with Gasteiger partial charge in [-0.25, -0.2) is 22.5 Å². The van der Waals surface area contributed by atoms with Gasteiger partial charge in [0.2, 0.25) is 0 Å². The van der Waals surface area contributed by atoms with Crippen molar-refractivity contribution in [3.8, 4) is 0 Å². The van der Waals surface area contributed by atoms with Crippen LogP contribution in [0.15, 0.2) is 53.1 Å². The van der Waals surface area contributed by atoms with Gasteiger partial charge in [-0.1, -0.05) is 6.42 Å². The van der Waals surface area contributed by atoms with Crippen LogP contribution in [-0.2, 0) is 36.2 Å². The summed E-state index contributed by atoms with van der Waals surface area (Å²) in [5, 5.41) is 3.22. The van der Waals surface area contributed by atoms with Gasteiger partial charge >= 0.3 is 6.09 Å². The lowest BCUT2D eigenvalue weighted by Crippen LogP contribution is -2.43. The van der Waals surface area contributed by atoms with Gasteiger partial charge in [-0.05, 0) is 81.1 Å². The number of carbonyl (C=O) groups is 3. The predicted molar refractivity (Wildman–Crippen MR) is 142 cm³/mol. The second kappa shape index (κ2) is 9.48. The lowest BCUT2D eigenvalue weighted by atomic mass is 9.64. The number of benzene rings is 2. The molecular weight excluding hydrogens is 525 g/mol. The van der Waals surface area contributed by atoms with Crippen LogP contribution in [0.4, 0.5) is 20.6 Å². The number of nitrogens with one attached hydrogen (secondary N) is 2. The van der Waals surface area contributed by atoms with E-state index in [1.807, 2.05) is 0 Å². The molecule has 2 aromatic carbocycles. The summed E-state index contributed by atoms with van der Waals surface area (Å²) in [4.78, 5) is 39.2. The highest BCUT2D eigenvalue weighted by atomic mass is 32.2. The van der Waals surface area contributed by atoms with E-state index in [1.54, 1.807) is 32.9 Å². The van der Waals surface area contributed by atoms with E-state index in [1.165, 1.54) is 18.2 Å². The van der Waals surface area contributed by atoms with Crippen LogP contribution in [0.2, 0.25) is 0 Å². The molecule has 11 heteroatoms. The van der Waals surface area contributed by atoms with Crippen LogP contribution in [0.5, 0.6) is 0 Å². The number of carbonyl (C=O) groups excluding carboxylic acids is 3. The number of halogens is 1. The smallest absolute Gasteiger partial charge is 0.417 e. The summed E-state index contributed by atoms with van der Waals surface area (Å²) in [7, 11) is -4.03. The van der Waals surface area contributed by atoms with Gasteiger partial charge in [-0.2, -0.15) is 0 Å². The Labute approximate surface area is 226 Å². The molecule has 1 fully saturated rings. The quantitative estimate of drug-likeness (QED) is 0.551. The fraction of sp³-hybridized carbons (Fsp3) is 0.393. The van der Waals surface area contributed by atoms with Gasteiger partial charge in [-0.3, -0.25) is 14.3 Å². The van der Waals surface area contributed by atoms with Crippen LogP contribution < -0.4 is 10.0 Å². The number of anilines is 2. The number of imide groups is 1. The number of rotatable bonds is 5. The van der Waals surface area contributed by atoms with E-state index in [0.717, 1.165) is 34.6 Å². The molecule has 1 heterocycles. The first-order valence-electron chi connectivity index (χ1n) is 12.8. The van der Waals surface area contributed by atoms with Gasteiger partial charge in [0.1, 0.15) is 17.2 Å². The summed E-state index contributed by atoms with van der Waals surface area (Å²) in [6.07, 6.45) is 3.40. The second-order valence-corrected chi connectivity index (χ2v) is 12.8. The Morgan fingerprint density at radius 2 is 1.79 bits per heavy atom. The van der Waals surface area contributed by atoms with Gasteiger partial charge in [0.05, 0.1) is 16.0 Å². The van der Waals surface area contributed by atoms with Crippen molar-refractivity contribution in [1.82, 2.24) is 4.90 Å². The van der Waals surface area contributed by atoms with Crippen molar-refractivity contribution in [3.05, 3.63) is 65.1 Å². The summed E-state index contributed by atoms with van der Waals surface area (Å²) in [5.41, 5.74) is 1.47. The monoisotopic (exact) mass is 555 g/mol. The minimum Gasteiger partial charge on any atom is -0.443 e. The third-order valence-corrected chi connectivity index (χ3v) is 8.69. The average molecular weight is 556 g/mol. The highest BCUT2D eigenvalue weighted by molar-refractivity contribution is 7.92. The molecule has 0 saturated heterocycles. The van der Waals surface area contributed by atoms with Crippen LogP contribution >= 0.6 is 0 Å². The second-order valence-electron chi connectivity index (χ2n) is 11.2. The molecule has 39 heavy (non-hydrogen) atoms. The zero-order valence-corrected chi connectivity index (χ0v) is 22.8. The summed E-state index contributed by atoms with van der Waals surface area (Å²) in [5.74, 6) is -0.992. The average Bonchev–Trinajstić information content (AvgIpc) is 3.10. The molecule has 1 saturated carbocycles. The maximum absolute atomic E-state index is 13.3. The van der Waals surface area contributed by atoms with Crippen molar-refractivity contribution in [2.75, 3.05) is 16.6 Å². The Morgan fingerprint density at radius 3 is 2.38 bits per heavy atom. The van der Waals surface area contributed by atoms with E-state index in [4.69, 9.17) is 4.74 Å². The van der Waals surface area contributed by atoms with E-state index >= 15 is 0 Å². The molecule has 5 rings (SSSR count). The molecule has 3 aliphatic rings. The molecule has 2 amide bonds. The maximum atomic E-state index is 13.3. The van der Waals surface area contributed by atoms with Crippen LogP contribution in [-0.4, -0.2) is 43.2 Å². The normalized spacial score (nSPS) is 18.4. The summed E-state index contributed by atoms with van der Waals surface area (Å²) < 4.78 is 47.3. The Bertz CT molecular complexity index is 1500. The first-order chi connectivity index (χ1) is 18.3. The molecule has 0 radical (unpaired) electrons.